The summed E-state index contributed by atoms with van der Waals surface area (Å²) >= 11 is 0. The zero-order chi connectivity index (χ0) is 37.9. The Hall–Kier alpha value is -7.42. The van der Waals surface area contributed by atoms with E-state index < -0.39 is 0 Å². The average Bonchev–Trinajstić information content (AvgIpc) is 3.85. The summed E-state index contributed by atoms with van der Waals surface area (Å²) in [7, 11) is 0. The molecule has 2 heteroatoms. The summed E-state index contributed by atoms with van der Waals surface area (Å²) in [4.78, 5) is 10.1. The zero-order valence-corrected chi connectivity index (χ0v) is 31.2. The number of hydrogen-bond donors (Lipinski definition) is 0. The van der Waals surface area contributed by atoms with E-state index in [4.69, 9.17) is 16.5 Å². The van der Waals surface area contributed by atoms with Gasteiger partial charge in [0, 0.05) is 22.6 Å². The monoisotopic (exact) mass is 724 g/mol. The van der Waals surface area contributed by atoms with Gasteiger partial charge in [0.15, 0.2) is 5.82 Å². The summed E-state index contributed by atoms with van der Waals surface area (Å²) in [6, 6.07) is 67.1. The van der Waals surface area contributed by atoms with Crippen molar-refractivity contribution in [2.75, 3.05) is 0 Å². The van der Waals surface area contributed by atoms with Crippen molar-refractivity contribution in [2.24, 2.45) is 0 Å². The number of nitrogens with zero attached hydrogens (tertiary/aromatic N) is 2. The van der Waals surface area contributed by atoms with Crippen molar-refractivity contribution in [2.45, 2.75) is 5.92 Å². The minimum absolute atomic E-state index is 0.206. The van der Waals surface area contributed by atoms with Crippen LogP contribution in [0, 0.1) is 0 Å². The van der Waals surface area contributed by atoms with E-state index in [0.29, 0.717) is 5.82 Å². The molecule has 0 bridgehead atoms. The van der Waals surface area contributed by atoms with Gasteiger partial charge in [0.25, 0.3) is 0 Å². The highest BCUT2D eigenvalue weighted by atomic mass is 14.9. The largest absolute Gasteiger partial charge is 0.228 e. The van der Waals surface area contributed by atoms with Crippen molar-refractivity contribution in [3.8, 4) is 67.3 Å². The van der Waals surface area contributed by atoms with Crippen molar-refractivity contribution in [3.63, 3.8) is 0 Å². The predicted octanol–water partition coefficient (Wildman–Crippen LogP) is 14.2. The third-order valence-corrected chi connectivity index (χ3v) is 11.7. The second-order valence-corrected chi connectivity index (χ2v) is 15.0. The molecule has 2 aliphatic carbocycles. The molecule has 11 rings (SSSR count). The molecule has 0 fully saturated rings. The highest BCUT2D eigenvalue weighted by Gasteiger charge is 2.31. The molecule has 9 aromatic rings. The molecule has 0 N–H and O–H groups in total. The molecule has 1 atom stereocenters. The van der Waals surface area contributed by atoms with Crippen LogP contribution in [0.5, 0.6) is 0 Å². The molecule has 0 saturated heterocycles. The fourth-order valence-electron chi connectivity index (χ4n) is 8.98. The number of benzene rings is 8. The first-order chi connectivity index (χ1) is 28.2. The van der Waals surface area contributed by atoms with Crippen LogP contribution in [0.15, 0.2) is 201 Å². The number of rotatable bonds is 6. The molecule has 0 amide bonds. The van der Waals surface area contributed by atoms with Gasteiger partial charge in [-0.15, -0.1) is 0 Å². The normalized spacial score (nSPS) is 13.8. The SMILES string of the molecule is C=C1c2c(cccc2C2C=Cc3ccccc32)-c2cc(-c3cccc(-c4cccc(-c5cc(-c6ccccc6)nc(-c6ccccc6)n5)c4)c3)c3ccccc3c21. The lowest BCUT2D eigenvalue weighted by Gasteiger charge is -2.17. The predicted molar refractivity (Wildman–Crippen MR) is 238 cm³/mol. The van der Waals surface area contributed by atoms with Gasteiger partial charge in [-0.3, -0.25) is 0 Å². The van der Waals surface area contributed by atoms with E-state index in [1.165, 1.54) is 60.8 Å². The summed E-state index contributed by atoms with van der Waals surface area (Å²) in [6.07, 6.45) is 4.60. The van der Waals surface area contributed by atoms with Crippen LogP contribution in [0.4, 0.5) is 0 Å². The number of allylic oxidation sites excluding steroid dienone is 1. The average molecular weight is 725 g/mol. The molecule has 0 saturated carbocycles. The van der Waals surface area contributed by atoms with Crippen molar-refractivity contribution < 1.29 is 0 Å². The van der Waals surface area contributed by atoms with Gasteiger partial charge in [0.05, 0.1) is 11.4 Å². The molecule has 2 aliphatic rings. The molecule has 1 heterocycles. The summed E-state index contributed by atoms with van der Waals surface area (Å²) in [5.41, 5.74) is 19.7. The van der Waals surface area contributed by atoms with E-state index >= 15 is 0 Å². The Bertz CT molecular complexity index is 3030. The summed E-state index contributed by atoms with van der Waals surface area (Å²) in [6.45, 7) is 4.78. The number of fused-ring (bicyclic) bond motifs is 6. The van der Waals surface area contributed by atoms with Gasteiger partial charge < -0.3 is 0 Å². The van der Waals surface area contributed by atoms with E-state index in [2.05, 4.69) is 176 Å². The first-order valence-electron chi connectivity index (χ1n) is 19.5. The van der Waals surface area contributed by atoms with Crippen LogP contribution in [0.3, 0.4) is 0 Å². The van der Waals surface area contributed by atoms with E-state index in [-0.39, 0.29) is 5.92 Å². The summed E-state index contributed by atoms with van der Waals surface area (Å²) < 4.78 is 0. The van der Waals surface area contributed by atoms with Crippen LogP contribution < -0.4 is 0 Å². The maximum absolute atomic E-state index is 5.11. The van der Waals surface area contributed by atoms with Crippen LogP contribution in [-0.4, -0.2) is 9.97 Å². The Morgan fingerprint density at radius 2 is 0.965 bits per heavy atom. The molecule has 1 aromatic heterocycles. The van der Waals surface area contributed by atoms with Gasteiger partial charge in [-0.05, 0) is 102 Å². The molecule has 0 aliphatic heterocycles. The molecule has 1 unspecified atom stereocenters. The fourth-order valence-corrected chi connectivity index (χ4v) is 8.98. The fraction of sp³-hybridized carbons (Fsp3) is 0.0182. The lowest BCUT2D eigenvalue weighted by atomic mass is 9.86. The van der Waals surface area contributed by atoms with Crippen molar-refractivity contribution in [1.29, 1.82) is 0 Å². The number of aromatic nitrogens is 2. The molecule has 8 aromatic carbocycles. The van der Waals surface area contributed by atoms with Crippen LogP contribution in [0.2, 0.25) is 0 Å². The standard InChI is InChI=1S/C55H36N2/c1-35-53-47(45-30-29-36-15-8-9-24-43(36)45)27-14-28-48(53)50-33-49(44-25-10-11-26-46(44)54(35)50)41-22-12-20-39(31-41)40-21-13-23-42(32-40)52-34-51(37-16-4-2-5-17-37)56-55(57-52)38-18-6-3-7-19-38/h2-34,45H,1H2. The highest BCUT2D eigenvalue weighted by Crippen LogP contribution is 2.53. The minimum Gasteiger partial charge on any atom is -0.228 e. The van der Waals surface area contributed by atoms with E-state index in [1.54, 1.807) is 0 Å². The molecule has 0 radical (unpaired) electrons. The van der Waals surface area contributed by atoms with Gasteiger partial charge in [-0.1, -0.05) is 183 Å². The Morgan fingerprint density at radius 3 is 1.75 bits per heavy atom. The zero-order valence-electron chi connectivity index (χ0n) is 31.2. The molecule has 0 spiro atoms. The Balaban J connectivity index is 1.01. The third kappa shape index (κ3) is 5.57. The lowest BCUT2D eigenvalue weighted by Crippen LogP contribution is -2.00. The van der Waals surface area contributed by atoms with E-state index in [0.717, 1.165) is 44.8 Å². The van der Waals surface area contributed by atoms with Crippen LogP contribution >= 0.6 is 0 Å². The molecule has 57 heavy (non-hydrogen) atoms. The van der Waals surface area contributed by atoms with Gasteiger partial charge in [0.1, 0.15) is 0 Å². The van der Waals surface area contributed by atoms with E-state index in [9.17, 15) is 0 Å². The van der Waals surface area contributed by atoms with Gasteiger partial charge in [0.2, 0.25) is 0 Å². The Morgan fingerprint density at radius 1 is 0.386 bits per heavy atom. The maximum atomic E-state index is 5.11. The van der Waals surface area contributed by atoms with Crippen LogP contribution in [-0.2, 0) is 0 Å². The van der Waals surface area contributed by atoms with Crippen molar-refractivity contribution in [1.82, 2.24) is 9.97 Å². The first-order valence-corrected chi connectivity index (χ1v) is 19.5. The quantitative estimate of drug-likeness (QED) is 0.171. The van der Waals surface area contributed by atoms with Gasteiger partial charge in [-0.25, -0.2) is 9.97 Å². The highest BCUT2D eigenvalue weighted by molar-refractivity contribution is 6.15. The maximum Gasteiger partial charge on any atom is 0.160 e. The van der Waals surface area contributed by atoms with Gasteiger partial charge in [-0.2, -0.15) is 0 Å². The smallest absolute Gasteiger partial charge is 0.160 e. The molecule has 266 valence electrons. The lowest BCUT2D eigenvalue weighted by molar-refractivity contribution is 1.05. The second-order valence-electron chi connectivity index (χ2n) is 15.0. The Kier molecular flexibility index (Phi) is 7.75. The third-order valence-electron chi connectivity index (χ3n) is 11.7. The van der Waals surface area contributed by atoms with Gasteiger partial charge >= 0.3 is 0 Å². The molecular weight excluding hydrogens is 689 g/mol. The second kappa shape index (κ2) is 13.4. The molecular formula is C55H36N2. The van der Waals surface area contributed by atoms with E-state index in [1.807, 2.05) is 24.3 Å². The van der Waals surface area contributed by atoms with Crippen LogP contribution in [0.25, 0.3) is 89.7 Å². The van der Waals surface area contributed by atoms with Crippen molar-refractivity contribution in [3.05, 3.63) is 229 Å². The van der Waals surface area contributed by atoms with Crippen molar-refractivity contribution >= 4 is 22.4 Å². The first kappa shape index (κ1) is 33.0. The summed E-state index contributed by atoms with van der Waals surface area (Å²) in [5.74, 6) is 0.918. The summed E-state index contributed by atoms with van der Waals surface area (Å²) in [5, 5.41) is 2.46. The molecule has 2 nitrogen and oxygen atoms in total. The topological polar surface area (TPSA) is 25.8 Å². The number of hydrogen-bond acceptors (Lipinski definition) is 2. The van der Waals surface area contributed by atoms with Crippen LogP contribution in [0.1, 0.15) is 33.7 Å². The minimum atomic E-state index is 0.206. The Labute approximate surface area is 332 Å².